The van der Waals surface area contributed by atoms with Crippen LogP contribution in [0.3, 0.4) is 0 Å². The van der Waals surface area contributed by atoms with Crippen LogP contribution >= 0.6 is 0 Å². The molecule has 0 aromatic heterocycles. The van der Waals surface area contributed by atoms with E-state index in [1.807, 2.05) is 0 Å². The molecule has 3 rings (SSSR count). The normalized spacial score (nSPS) is 27.7. The van der Waals surface area contributed by atoms with Gasteiger partial charge in [-0.3, -0.25) is 4.99 Å². The Kier molecular flexibility index (Phi) is 5.33. The van der Waals surface area contributed by atoms with E-state index in [2.05, 4.69) is 47.9 Å². The maximum Gasteiger partial charge on any atom is 0.191 e. The first kappa shape index (κ1) is 15.3. The second-order valence-electron chi connectivity index (χ2n) is 6.25. The Morgan fingerprint density at radius 3 is 2.86 bits per heavy atom. The largest absolute Gasteiger partial charge is 0.376 e. The molecule has 1 saturated heterocycles. The smallest absolute Gasteiger partial charge is 0.191 e. The highest BCUT2D eigenvalue weighted by atomic mass is 16.5. The first-order valence-electron chi connectivity index (χ1n) is 8.55. The molecule has 0 radical (unpaired) electrons. The van der Waals surface area contributed by atoms with Crippen LogP contribution in [0.4, 0.5) is 0 Å². The summed E-state index contributed by atoms with van der Waals surface area (Å²) >= 11 is 0. The number of aliphatic imine (C=N–C) groups is 1. The number of hydrogen-bond donors (Lipinski definition) is 2. The van der Waals surface area contributed by atoms with E-state index in [1.165, 1.54) is 18.4 Å². The fourth-order valence-electron chi connectivity index (χ4n) is 3.12. The fourth-order valence-corrected chi connectivity index (χ4v) is 3.12. The predicted molar refractivity (Wildman–Crippen MR) is 90.2 cm³/mol. The number of rotatable bonds is 6. The summed E-state index contributed by atoms with van der Waals surface area (Å²) in [5.74, 6) is 2.32. The van der Waals surface area contributed by atoms with Crippen LogP contribution in [-0.2, 0) is 4.74 Å². The number of hydrogen-bond acceptors (Lipinski definition) is 2. The van der Waals surface area contributed by atoms with Crippen molar-refractivity contribution in [3.8, 4) is 0 Å². The van der Waals surface area contributed by atoms with Gasteiger partial charge in [0, 0.05) is 26.2 Å². The lowest BCUT2D eigenvalue weighted by atomic mass is 10.1. The Hall–Kier alpha value is -1.55. The molecule has 120 valence electrons. The van der Waals surface area contributed by atoms with Gasteiger partial charge >= 0.3 is 0 Å². The van der Waals surface area contributed by atoms with E-state index >= 15 is 0 Å². The van der Waals surface area contributed by atoms with Gasteiger partial charge in [0.1, 0.15) is 0 Å². The van der Waals surface area contributed by atoms with Gasteiger partial charge in [-0.2, -0.15) is 0 Å². The van der Waals surface area contributed by atoms with Crippen molar-refractivity contribution in [3.05, 3.63) is 35.9 Å². The van der Waals surface area contributed by atoms with E-state index in [0.29, 0.717) is 17.9 Å². The van der Waals surface area contributed by atoms with Gasteiger partial charge in [0.25, 0.3) is 0 Å². The lowest BCUT2D eigenvalue weighted by molar-refractivity contribution is 0.114. The van der Waals surface area contributed by atoms with Crippen LogP contribution in [0.15, 0.2) is 35.3 Å². The van der Waals surface area contributed by atoms with Crippen LogP contribution in [0, 0.1) is 5.92 Å². The molecule has 0 bridgehead atoms. The summed E-state index contributed by atoms with van der Waals surface area (Å²) < 4.78 is 5.65. The Morgan fingerprint density at radius 2 is 2.14 bits per heavy atom. The zero-order valence-corrected chi connectivity index (χ0v) is 13.4. The Bertz CT molecular complexity index is 482. The van der Waals surface area contributed by atoms with E-state index in [-0.39, 0.29) is 0 Å². The van der Waals surface area contributed by atoms with Gasteiger partial charge in [0.05, 0.1) is 6.10 Å². The third-order valence-corrected chi connectivity index (χ3v) is 4.50. The van der Waals surface area contributed by atoms with Gasteiger partial charge in [0.15, 0.2) is 5.96 Å². The molecule has 0 spiro atoms. The molecule has 2 N–H and O–H groups in total. The molecule has 1 aliphatic carbocycles. The topological polar surface area (TPSA) is 45.7 Å². The standard InChI is InChI=1S/C18H27N3O/c1-2-19-18(21-13-16-9-6-10-22-16)20-12-15-11-17(15)14-7-4-3-5-8-14/h3-5,7-8,15-17H,2,6,9-13H2,1H3,(H2,19,20,21). The van der Waals surface area contributed by atoms with Crippen molar-refractivity contribution in [2.24, 2.45) is 10.9 Å². The minimum Gasteiger partial charge on any atom is -0.376 e. The molecular formula is C18H27N3O. The number of nitrogens with one attached hydrogen (secondary N) is 2. The van der Waals surface area contributed by atoms with Gasteiger partial charge < -0.3 is 15.4 Å². The van der Waals surface area contributed by atoms with Crippen molar-refractivity contribution in [1.29, 1.82) is 0 Å². The summed E-state index contributed by atoms with van der Waals surface area (Å²) in [5, 5.41) is 6.74. The molecule has 22 heavy (non-hydrogen) atoms. The van der Waals surface area contributed by atoms with Crippen LogP contribution < -0.4 is 10.6 Å². The molecule has 1 saturated carbocycles. The van der Waals surface area contributed by atoms with Gasteiger partial charge in [-0.1, -0.05) is 30.3 Å². The van der Waals surface area contributed by atoms with Crippen LogP contribution in [-0.4, -0.2) is 38.3 Å². The van der Waals surface area contributed by atoms with E-state index in [0.717, 1.165) is 38.6 Å². The number of nitrogens with zero attached hydrogens (tertiary/aromatic N) is 1. The van der Waals surface area contributed by atoms with Crippen molar-refractivity contribution >= 4 is 5.96 Å². The quantitative estimate of drug-likeness (QED) is 0.627. The number of ether oxygens (including phenoxy) is 1. The van der Waals surface area contributed by atoms with Crippen molar-refractivity contribution < 1.29 is 4.74 Å². The molecule has 2 aliphatic rings. The second kappa shape index (κ2) is 7.63. The Morgan fingerprint density at radius 1 is 1.27 bits per heavy atom. The van der Waals surface area contributed by atoms with Gasteiger partial charge in [-0.15, -0.1) is 0 Å². The molecule has 3 unspecified atom stereocenters. The van der Waals surface area contributed by atoms with E-state index in [9.17, 15) is 0 Å². The third-order valence-electron chi connectivity index (χ3n) is 4.50. The molecule has 1 aromatic carbocycles. The summed E-state index contributed by atoms with van der Waals surface area (Å²) in [5.41, 5.74) is 1.46. The van der Waals surface area contributed by atoms with E-state index in [1.54, 1.807) is 0 Å². The summed E-state index contributed by atoms with van der Waals surface area (Å²) in [6.07, 6.45) is 3.95. The minimum absolute atomic E-state index is 0.349. The highest BCUT2D eigenvalue weighted by Gasteiger charge is 2.37. The Balaban J connectivity index is 1.46. The maximum absolute atomic E-state index is 5.65. The van der Waals surface area contributed by atoms with Crippen LogP contribution in [0.2, 0.25) is 0 Å². The van der Waals surface area contributed by atoms with Crippen molar-refractivity contribution in [3.63, 3.8) is 0 Å². The molecule has 4 nitrogen and oxygen atoms in total. The molecular weight excluding hydrogens is 274 g/mol. The highest BCUT2D eigenvalue weighted by molar-refractivity contribution is 5.79. The molecule has 3 atom stereocenters. The lowest BCUT2D eigenvalue weighted by Crippen LogP contribution is -2.41. The SMILES string of the molecule is CCNC(=NCC1CC1c1ccccc1)NCC1CCCO1. The minimum atomic E-state index is 0.349. The van der Waals surface area contributed by atoms with Crippen LogP contribution in [0.5, 0.6) is 0 Å². The maximum atomic E-state index is 5.65. The monoisotopic (exact) mass is 301 g/mol. The van der Waals surface area contributed by atoms with Gasteiger partial charge in [-0.05, 0) is 43.6 Å². The van der Waals surface area contributed by atoms with Crippen molar-refractivity contribution in [2.45, 2.75) is 38.2 Å². The molecule has 1 aliphatic heterocycles. The molecule has 1 heterocycles. The lowest BCUT2D eigenvalue weighted by Gasteiger charge is -2.14. The van der Waals surface area contributed by atoms with E-state index < -0.39 is 0 Å². The average Bonchev–Trinajstić information content (AvgIpc) is 3.15. The third kappa shape index (κ3) is 4.23. The van der Waals surface area contributed by atoms with E-state index in [4.69, 9.17) is 9.73 Å². The predicted octanol–water partition coefficient (Wildman–Crippen LogP) is 2.52. The summed E-state index contributed by atoms with van der Waals surface area (Å²) in [6.45, 7) is 5.66. The molecule has 1 aromatic rings. The van der Waals surface area contributed by atoms with Crippen LogP contribution in [0.25, 0.3) is 0 Å². The summed E-state index contributed by atoms with van der Waals surface area (Å²) in [4.78, 5) is 4.75. The van der Waals surface area contributed by atoms with Crippen molar-refractivity contribution in [1.82, 2.24) is 10.6 Å². The average molecular weight is 301 g/mol. The van der Waals surface area contributed by atoms with Gasteiger partial charge in [0.2, 0.25) is 0 Å². The van der Waals surface area contributed by atoms with Crippen LogP contribution in [0.1, 0.15) is 37.7 Å². The second-order valence-corrected chi connectivity index (χ2v) is 6.25. The molecule has 0 amide bonds. The fraction of sp³-hybridized carbons (Fsp3) is 0.611. The summed E-state index contributed by atoms with van der Waals surface area (Å²) in [7, 11) is 0. The molecule has 4 heteroatoms. The van der Waals surface area contributed by atoms with Crippen molar-refractivity contribution in [2.75, 3.05) is 26.2 Å². The summed E-state index contributed by atoms with van der Waals surface area (Å²) in [6, 6.07) is 10.8. The Labute approximate surface area is 133 Å². The highest BCUT2D eigenvalue weighted by Crippen LogP contribution is 2.47. The first-order chi connectivity index (χ1) is 10.9. The number of guanidine groups is 1. The van der Waals surface area contributed by atoms with Gasteiger partial charge in [-0.25, -0.2) is 0 Å². The molecule has 2 fully saturated rings. The zero-order valence-electron chi connectivity index (χ0n) is 13.4. The number of benzene rings is 1. The zero-order chi connectivity index (χ0) is 15.2. The first-order valence-corrected chi connectivity index (χ1v) is 8.55.